The Balaban J connectivity index is 3.10. The van der Waals surface area contributed by atoms with Gasteiger partial charge in [-0.3, -0.25) is 0 Å². The molecule has 0 amide bonds. The molecule has 0 saturated heterocycles. The summed E-state index contributed by atoms with van der Waals surface area (Å²) in [5, 5.41) is 0. The summed E-state index contributed by atoms with van der Waals surface area (Å²) < 4.78 is 11.2. The van der Waals surface area contributed by atoms with Gasteiger partial charge in [0.2, 0.25) is 0 Å². The molecule has 1 unspecified atom stereocenters. The second-order valence-corrected chi connectivity index (χ2v) is 5.60. The molecular weight excluding hydrogens is 252 g/mol. The highest BCUT2D eigenvalue weighted by atomic mass is 16.5. The van der Waals surface area contributed by atoms with E-state index in [0.29, 0.717) is 13.2 Å². The van der Waals surface area contributed by atoms with Gasteiger partial charge in [-0.15, -0.1) is 0 Å². The molecule has 0 fully saturated rings. The van der Waals surface area contributed by atoms with Gasteiger partial charge >= 0.3 is 0 Å². The standard InChI is InChI=1S/C16H28N2O2/c1-7-19-13-10-9-12(11-14(13)20-8-2)15(17)16(3,4)18(5)6/h9-11,15H,7-8,17H2,1-6H3. The molecule has 0 spiro atoms. The van der Waals surface area contributed by atoms with Crippen LogP contribution in [0.5, 0.6) is 11.5 Å². The van der Waals surface area contributed by atoms with E-state index in [1.807, 2.05) is 46.1 Å². The molecule has 114 valence electrons. The maximum absolute atomic E-state index is 6.42. The number of hydrogen-bond donors (Lipinski definition) is 1. The number of rotatable bonds is 7. The van der Waals surface area contributed by atoms with Gasteiger partial charge in [-0.05, 0) is 59.5 Å². The second kappa shape index (κ2) is 6.95. The lowest BCUT2D eigenvalue weighted by atomic mass is 9.88. The zero-order chi connectivity index (χ0) is 15.3. The minimum Gasteiger partial charge on any atom is -0.490 e. The summed E-state index contributed by atoms with van der Waals surface area (Å²) >= 11 is 0. The van der Waals surface area contributed by atoms with Gasteiger partial charge in [0.05, 0.1) is 13.2 Å². The van der Waals surface area contributed by atoms with Crippen LogP contribution in [0.15, 0.2) is 18.2 Å². The maximum atomic E-state index is 6.42. The summed E-state index contributed by atoms with van der Waals surface area (Å²) in [5.41, 5.74) is 7.33. The second-order valence-electron chi connectivity index (χ2n) is 5.60. The van der Waals surface area contributed by atoms with Crippen molar-refractivity contribution >= 4 is 0 Å². The van der Waals surface area contributed by atoms with Crippen molar-refractivity contribution in [2.45, 2.75) is 39.3 Å². The molecule has 0 saturated carbocycles. The van der Waals surface area contributed by atoms with Crippen molar-refractivity contribution < 1.29 is 9.47 Å². The molecule has 1 rings (SSSR count). The molecule has 0 aliphatic heterocycles. The van der Waals surface area contributed by atoms with E-state index in [0.717, 1.165) is 17.1 Å². The third kappa shape index (κ3) is 3.64. The van der Waals surface area contributed by atoms with Crippen LogP contribution in [-0.2, 0) is 0 Å². The lowest BCUT2D eigenvalue weighted by molar-refractivity contribution is 0.158. The highest BCUT2D eigenvalue weighted by Crippen LogP contribution is 2.34. The van der Waals surface area contributed by atoms with Crippen LogP contribution in [0, 0.1) is 0 Å². The minimum atomic E-state index is -0.142. The molecular formula is C16H28N2O2. The first-order chi connectivity index (χ1) is 9.34. The maximum Gasteiger partial charge on any atom is 0.161 e. The van der Waals surface area contributed by atoms with Crippen LogP contribution >= 0.6 is 0 Å². The van der Waals surface area contributed by atoms with Crippen LogP contribution in [0.3, 0.4) is 0 Å². The van der Waals surface area contributed by atoms with E-state index >= 15 is 0 Å². The van der Waals surface area contributed by atoms with E-state index in [-0.39, 0.29) is 11.6 Å². The molecule has 0 aliphatic rings. The Morgan fingerprint density at radius 3 is 2.15 bits per heavy atom. The Morgan fingerprint density at radius 2 is 1.65 bits per heavy atom. The van der Waals surface area contributed by atoms with Crippen LogP contribution < -0.4 is 15.2 Å². The van der Waals surface area contributed by atoms with Gasteiger partial charge in [0.1, 0.15) is 0 Å². The van der Waals surface area contributed by atoms with Crippen molar-refractivity contribution in [2.75, 3.05) is 27.3 Å². The Morgan fingerprint density at radius 1 is 1.10 bits per heavy atom. The smallest absolute Gasteiger partial charge is 0.161 e. The fourth-order valence-corrected chi connectivity index (χ4v) is 1.95. The summed E-state index contributed by atoms with van der Waals surface area (Å²) in [5.74, 6) is 1.53. The zero-order valence-electron chi connectivity index (χ0n) is 13.6. The molecule has 1 aromatic rings. The number of ether oxygens (including phenoxy) is 2. The van der Waals surface area contributed by atoms with Crippen molar-refractivity contribution in [2.24, 2.45) is 5.73 Å². The fraction of sp³-hybridized carbons (Fsp3) is 0.625. The highest BCUT2D eigenvalue weighted by Gasteiger charge is 2.30. The van der Waals surface area contributed by atoms with Gasteiger partial charge in [0.15, 0.2) is 11.5 Å². The SMILES string of the molecule is CCOc1ccc(C(N)C(C)(C)N(C)C)cc1OCC. The molecule has 1 atom stereocenters. The van der Waals surface area contributed by atoms with E-state index < -0.39 is 0 Å². The number of hydrogen-bond acceptors (Lipinski definition) is 4. The van der Waals surface area contributed by atoms with Crippen LogP contribution in [-0.4, -0.2) is 37.7 Å². The monoisotopic (exact) mass is 280 g/mol. The average Bonchev–Trinajstić information content (AvgIpc) is 2.40. The average molecular weight is 280 g/mol. The molecule has 0 heterocycles. The van der Waals surface area contributed by atoms with Crippen molar-refractivity contribution in [1.82, 2.24) is 4.90 Å². The summed E-state index contributed by atoms with van der Waals surface area (Å²) in [6, 6.07) is 5.84. The summed E-state index contributed by atoms with van der Waals surface area (Å²) in [6.45, 7) is 9.42. The lowest BCUT2D eigenvalue weighted by Gasteiger charge is -2.38. The predicted molar refractivity (Wildman–Crippen MR) is 83.5 cm³/mol. The quantitative estimate of drug-likeness (QED) is 0.834. The van der Waals surface area contributed by atoms with Gasteiger partial charge in [0.25, 0.3) is 0 Å². The first-order valence-corrected chi connectivity index (χ1v) is 7.17. The Labute approximate surface area is 122 Å². The zero-order valence-corrected chi connectivity index (χ0v) is 13.6. The van der Waals surface area contributed by atoms with Crippen molar-refractivity contribution in [3.63, 3.8) is 0 Å². The van der Waals surface area contributed by atoms with E-state index in [1.165, 1.54) is 0 Å². The van der Waals surface area contributed by atoms with Gasteiger partial charge < -0.3 is 20.1 Å². The number of nitrogens with zero attached hydrogens (tertiary/aromatic N) is 1. The molecule has 4 heteroatoms. The number of nitrogens with two attached hydrogens (primary N) is 1. The van der Waals surface area contributed by atoms with Gasteiger partial charge in [-0.2, -0.15) is 0 Å². The lowest BCUT2D eigenvalue weighted by Crippen LogP contribution is -2.47. The first kappa shape index (κ1) is 16.8. The largest absolute Gasteiger partial charge is 0.490 e. The molecule has 1 aromatic carbocycles. The number of likely N-dealkylation sites (N-methyl/N-ethyl adjacent to an activating group) is 1. The van der Waals surface area contributed by atoms with Gasteiger partial charge in [-0.25, -0.2) is 0 Å². The third-order valence-electron chi connectivity index (χ3n) is 3.84. The Bertz CT molecular complexity index is 430. The molecule has 0 aliphatic carbocycles. The highest BCUT2D eigenvalue weighted by molar-refractivity contribution is 5.44. The minimum absolute atomic E-state index is 0.104. The molecule has 2 N–H and O–H groups in total. The Hall–Kier alpha value is -1.26. The third-order valence-corrected chi connectivity index (χ3v) is 3.84. The summed E-state index contributed by atoms with van der Waals surface area (Å²) in [4.78, 5) is 2.13. The Kier molecular flexibility index (Phi) is 5.84. The van der Waals surface area contributed by atoms with E-state index in [9.17, 15) is 0 Å². The molecule has 0 radical (unpaired) electrons. The summed E-state index contributed by atoms with van der Waals surface area (Å²) in [6.07, 6.45) is 0. The topological polar surface area (TPSA) is 47.7 Å². The van der Waals surface area contributed by atoms with Crippen molar-refractivity contribution in [3.05, 3.63) is 23.8 Å². The van der Waals surface area contributed by atoms with E-state index in [2.05, 4.69) is 18.7 Å². The van der Waals surface area contributed by atoms with Crippen molar-refractivity contribution in [1.29, 1.82) is 0 Å². The first-order valence-electron chi connectivity index (χ1n) is 7.17. The van der Waals surface area contributed by atoms with Crippen LogP contribution in [0.1, 0.15) is 39.3 Å². The van der Waals surface area contributed by atoms with Crippen molar-refractivity contribution in [3.8, 4) is 11.5 Å². The van der Waals surface area contributed by atoms with E-state index in [4.69, 9.17) is 15.2 Å². The molecule has 4 nitrogen and oxygen atoms in total. The molecule has 0 aromatic heterocycles. The summed E-state index contributed by atoms with van der Waals surface area (Å²) in [7, 11) is 4.08. The molecule has 0 bridgehead atoms. The van der Waals surface area contributed by atoms with E-state index in [1.54, 1.807) is 0 Å². The van der Waals surface area contributed by atoms with Crippen LogP contribution in [0.2, 0.25) is 0 Å². The predicted octanol–water partition coefficient (Wildman–Crippen LogP) is 2.82. The van der Waals surface area contributed by atoms with Crippen LogP contribution in [0.4, 0.5) is 0 Å². The van der Waals surface area contributed by atoms with Gasteiger partial charge in [0, 0.05) is 11.6 Å². The van der Waals surface area contributed by atoms with Gasteiger partial charge in [-0.1, -0.05) is 6.07 Å². The molecule has 20 heavy (non-hydrogen) atoms. The fourth-order valence-electron chi connectivity index (χ4n) is 1.95. The normalized spacial score (nSPS) is 13.4. The number of benzene rings is 1. The van der Waals surface area contributed by atoms with Crippen LogP contribution in [0.25, 0.3) is 0 Å².